The lowest BCUT2D eigenvalue weighted by Crippen LogP contribution is -2.16. The molecular weight excluding hydrogens is 316 g/mol. The minimum atomic E-state index is 0.421. The summed E-state index contributed by atoms with van der Waals surface area (Å²) in [6.07, 6.45) is 13.2. The van der Waals surface area contributed by atoms with Crippen LogP contribution >= 0.6 is 0 Å². The Balaban J connectivity index is 1.26. The summed E-state index contributed by atoms with van der Waals surface area (Å²) in [6.45, 7) is 1.87. The molecule has 0 aromatic carbocycles. The van der Waals surface area contributed by atoms with Gasteiger partial charge in [0, 0.05) is 18.8 Å². The Kier molecular flexibility index (Phi) is 5.13. The molecule has 136 valence electrons. The minimum absolute atomic E-state index is 0.421. The topological polar surface area (TPSA) is 77.8 Å². The van der Waals surface area contributed by atoms with E-state index in [4.69, 9.17) is 9.05 Å². The molecule has 2 saturated carbocycles. The second-order valence-corrected chi connectivity index (χ2v) is 7.91. The van der Waals surface area contributed by atoms with E-state index in [-0.39, 0.29) is 0 Å². The number of rotatable bonds is 5. The minimum Gasteiger partial charge on any atom is -0.339 e. The third-order valence-corrected chi connectivity index (χ3v) is 5.91. The van der Waals surface area contributed by atoms with Crippen LogP contribution in [0.3, 0.4) is 0 Å². The van der Waals surface area contributed by atoms with Crippen LogP contribution in [0.2, 0.25) is 0 Å². The first kappa shape index (κ1) is 16.7. The number of hydrogen-bond acceptors (Lipinski definition) is 6. The summed E-state index contributed by atoms with van der Waals surface area (Å²) in [6, 6.07) is 0. The molecule has 2 aliphatic rings. The van der Waals surface area contributed by atoms with E-state index >= 15 is 0 Å². The van der Waals surface area contributed by atoms with Crippen LogP contribution in [-0.4, -0.2) is 20.3 Å². The Hall–Kier alpha value is -1.72. The molecule has 6 heteroatoms. The van der Waals surface area contributed by atoms with Crippen molar-refractivity contribution in [2.24, 2.45) is 11.8 Å². The van der Waals surface area contributed by atoms with Crippen LogP contribution in [0, 0.1) is 18.8 Å². The SMILES string of the molecule is Cc1noc(C2CCC(Cc3noc(CC4CCCCC4)n3)CC2)n1. The zero-order valence-electron chi connectivity index (χ0n) is 15.1. The number of hydrogen-bond donors (Lipinski definition) is 0. The smallest absolute Gasteiger partial charge is 0.229 e. The second-order valence-electron chi connectivity index (χ2n) is 7.91. The van der Waals surface area contributed by atoms with Crippen LogP contribution in [0.5, 0.6) is 0 Å². The van der Waals surface area contributed by atoms with Crippen molar-refractivity contribution in [3.8, 4) is 0 Å². The Morgan fingerprint density at radius 3 is 2.28 bits per heavy atom. The van der Waals surface area contributed by atoms with Gasteiger partial charge in [-0.25, -0.2) is 0 Å². The molecule has 0 N–H and O–H groups in total. The summed E-state index contributed by atoms with van der Waals surface area (Å²) in [5, 5.41) is 8.14. The average Bonchev–Trinajstić information content (AvgIpc) is 3.26. The molecule has 2 aromatic rings. The fourth-order valence-corrected chi connectivity index (χ4v) is 4.44. The van der Waals surface area contributed by atoms with E-state index in [1.807, 2.05) is 6.92 Å². The largest absolute Gasteiger partial charge is 0.339 e. The fraction of sp³-hybridized carbons (Fsp3) is 0.789. The average molecular weight is 344 g/mol. The molecule has 2 aromatic heterocycles. The molecule has 0 atom stereocenters. The summed E-state index contributed by atoms with van der Waals surface area (Å²) in [7, 11) is 0. The van der Waals surface area contributed by atoms with Gasteiger partial charge in [0.2, 0.25) is 11.8 Å². The predicted octanol–water partition coefficient (Wildman–Crippen LogP) is 4.40. The van der Waals surface area contributed by atoms with Crippen LogP contribution < -0.4 is 0 Å². The fourth-order valence-electron chi connectivity index (χ4n) is 4.44. The van der Waals surface area contributed by atoms with Crippen LogP contribution in [0.25, 0.3) is 0 Å². The van der Waals surface area contributed by atoms with Crippen molar-refractivity contribution >= 4 is 0 Å². The van der Waals surface area contributed by atoms with Crippen LogP contribution in [-0.2, 0) is 12.8 Å². The van der Waals surface area contributed by atoms with E-state index in [2.05, 4.69) is 20.3 Å². The monoisotopic (exact) mass is 344 g/mol. The molecule has 0 bridgehead atoms. The van der Waals surface area contributed by atoms with Gasteiger partial charge in [-0.2, -0.15) is 9.97 Å². The number of nitrogens with zero attached hydrogens (tertiary/aromatic N) is 4. The van der Waals surface area contributed by atoms with Gasteiger partial charge in [-0.1, -0.05) is 29.6 Å². The molecular formula is C19H28N4O2. The summed E-state index contributed by atoms with van der Waals surface area (Å²) in [5.41, 5.74) is 0. The lowest BCUT2D eigenvalue weighted by Gasteiger charge is -2.25. The van der Waals surface area contributed by atoms with Crippen molar-refractivity contribution in [1.82, 2.24) is 20.3 Å². The summed E-state index contributed by atoms with van der Waals surface area (Å²) >= 11 is 0. The van der Waals surface area contributed by atoms with Crippen LogP contribution in [0.1, 0.15) is 87.1 Å². The van der Waals surface area contributed by atoms with Gasteiger partial charge in [0.25, 0.3) is 0 Å². The van der Waals surface area contributed by atoms with Crippen molar-refractivity contribution < 1.29 is 9.05 Å². The molecule has 0 saturated heterocycles. The van der Waals surface area contributed by atoms with Gasteiger partial charge < -0.3 is 9.05 Å². The van der Waals surface area contributed by atoms with E-state index in [0.717, 1.165) is 55.0 Å². The van der Waals surface area contributed by atoms with Gasteiger partial charge in [-0.3, -0.25) is 0 Å². The molecule has 2 aliphatic carbocycles. The number of aryl methyl sites for hydroxylation is 1. The van der Waals surface area contributed by atoms with E-state index < -0.39 is 0 Å². The standard InChI is InChI=1S/C19H28N4O2/c1-13-20-19(25-22-13)16-9-7-15(8-10-16)11-17-21-18(24-23-17)12-14-5-3-2-4-6-14/h14-16H,2-12H2,1H3. The summed E-state index contributed by atoms with van der Waals surface area (Å²) in [5.74, 6) is 5.08. The lowest BCUT2D eigenvalue weighted by molar-refractivity contribution is 0.266. The molecule has 4 rings (SSSR count). The predicted molar refractivity (Wildman–Crippen MR) is 92.0 cm³/mol. The van der Waals surface area contributed by atoms with Crippen molar-refractivity contribution in [2.75, 3.05) is 0 Å². The summed E-state index contributed by atoms with van der Waals surface area (Å²) in [4.78, 5) is 9.05. The van der Waals surface area contributed by atoms with Gasteiger partial charge >= 0.3 is 0 Å². The maximum absolute atomic E-state index is 5.51. The van der Waals surface area contributed by atoms with Crippen LogP contribution in [0.15, 0.2) is 9.05 Å². The first-order chi connectivity index (χ1) is 12.3. The van der Waals surface area contributed by atoms with E-state index in [1.165, 1.54) is 44.9 Å². The Morgan fingerprint density at radius 2 is 1.56 bits per heavy atom. The summed E-state index contributed by atoms with van der Waals surface area (Å²) < 4.78 is 10.8. The van der Waals surface area contributed by atoms with Gasteiger partial charge in [0.1, 0.15) is 0 Å². The van der Waals surface area contributed by atoms with Crippen molar-refractivity contribution in [1.29, 1.82) is 0 Å². The number of aromatic nitrogens is 4. The third kappa shape index (κ3) is 4.28. The van der Waals surface area contributed by atoms with E-state index in [9.17, 15) is 0 Å². The third-order valence-electron chi connectivity index (χ3n) is 5.91. The van der Waals surface area contributed by atoms with Gasteiger partial charge in [-0.15, -0.1) is 0 Å². The first-order valence-corrected chi connectivity index (χ1v) is 9.88. The Bertz CT molecular complexity index is 667. The van der Waals surface area contributed by atoms with Crippen LogP contribution in [0.4, 0.5) is 0 Å². The molecule has 0 spiro atoms. The maximum atomic E-state index is 5.51. The molecule has 0 aliphatic heterocycles. The maximum Gasteiger partial charge on any atom is 0.229 e. The van der Waals surface area contributed by atoms with Gasteiger partial charge in [0.05, 0.1) is 0 Å². The Labute approximate surface area is 148 Å². The zero-order chi connectivity index (χ0) is 17.1. The zero-order valence-corrected chi connectivity index (χ0v) is 15.1. The highest BCUT2D eigenvalue weighted by Crippen LogP contribution is 2.36. The molecule has 6 nitrogen and oxygen atoms in total. The molecule has 0 amide bonds. The second kappa shape index (κ2) is 7.67. The Morgan fingerprint density at radius 1 is 0.800 bits per heavy atom. The molecule has 0 unspecified atom stereocenters. The van der Waals surface area contributed by atoms with Gasteiger partial charge in [-0.05, 0) is 57.3 Å². The highest BCUT2D eigenvalue weighted by molar-refractivity contribution is 4.97. The highest BCUT2D eigenvalue weighted by atomic mass is 16.5. The van der Waals surface area contributed by atoms with Gasteiger partial charge in [0.15, 0.2) is 11.6 Å². The highest BCUT2D eigenvalue weighted by Gasteiger charge is 2.27. The van der Waals surface area contributed by atoms with Crippen molar-refractivity contribution in [3.05, 3.63) is 23.4 Å². The quantitative estimate of drug-likeness (QED) is 0.800. The normalized spacial score (nSPS) is 25.3. The molecule has 2 heterocycles. The molecule has 25 heavy (non-hydrogen) atoms. The van der Waals surface area contributed by atoms with Crippen molar-refractivity contribution in [3.63, 3.8) is 0 Å². The first-order valence-electron chi connectivity index (χ1n) is 9.88. The van der Waals surface area contributed by atoms with Crippen molar-refractivity contribution in [2.45, 2.75) is 83.5 Å². The molecule has 0 radical (unpaired) electrons. The molecule has 2 fully saturated rings. The lowest BCUT2D eigenvalue weighted by atomic mass is 9.80. The van der Waals surface area contributed by atoms with E-state index in [0.29, 0.717) is 11.8 Å². The van der Waals surface area contributed by atoms with E-state index in [1.54, 1.807) is 0 Å².